The summed E-state index contributed by atoms with van der Waals surface area (Å²) in [6.45, 7) is 1.91. The summed E-state index contributed by atoms with van der Waals surface area (Å²) < 4.78 is 5.61. The highest BCUT2D eigenvalue weighted by Gasteiger charge is 2.08. The van der Waals surface area contributed by atoms with E-state index in [0.29, 0.717) is 6.01 Å². The van der Waals surface area contributed by atoms with Crippen LogP contribution in [0, 0.1) is 6.92 Å². The molecule has 106 valence electrons. The van der Waals surface area contributed by atoms with E-state index in [0.717, 1.165) is 27.9 Å². The average Bonchev–Trinajstić information content (AvgIpc) is 2.83. The summed E-state index contributed by atoms with van der Waals surface area (Å²) >= 11 is 0. The molecule has 3 rings (SSSR count). The molecule has 3 aromatic rings. The Morgan fingerprint density at radius 2 is 2.10 bits per heavy atom. The summed E-state index contributed by atoms with van der Waals surface area (Å²) in [7, 11) is 0. The quantitative estimate of drug-likeness (QED) is 0.766. The summed E-state index contributed by atoms with van der Waals surface area (Å²) in [5.41, 5.74) is 4.06. The summed E-state index contributed by atoms with van der Waals surface area (Å²) in [4.78, 5) is 15.1. The van der Waals surface area contributed by atoms with Gasteiger partial charge in [-0.05, 0) is 36.2 Å². The van der Waals surface area contributed by atoms with Crippen molar-refractivity contribution in [2.75, 3.05) is 5.32 Å². The van der Waals surface area contributed by atoms with Crippen LogP contribution in [0.4, 0.5) is 11.7 Å². The maximum atomic E-state index is 10.7. The van der Waals surface area contributed by atoms with Crippen molar-refractivity contribution in [3.8, 4) is 0 Å². The molecule has 0 radical (unpaired) electrons. The number of nitrogens with zero attached hydrogens (tertiary/aromatic N) is 1. The lowest BCUT2D eigenvalue weighted by Gasteiger charge is -2.07. The standard InChI is InChI=1S/C16H14N2O3/c1-10-8-11(9-15(19)20)6-7-12(10)17-16-18-13-4-2-3-5-14(13)21-16/h2-8H,9H2,1H3,(H,17,18)(H,19,20). The number of benzene rings is 2. The summed E-state index contributed by atoms with van der Waals surface area (Å²) in [5, 5.41) is 11.9. The van der Waals surface area contributed by atoms with Crippen LogP contribution in [-0.4, -0.2) is 16.1 Å². The molecule has 0 atom stereocenters. The van der Waals surface area contributed by atoms with Gasteiger partial charge in [0, 0.05) is 5.69 Å². The van der Waals surface area contributed by atoms with Crippen molar-refractivity contribution in [2.45, 2.75) is 13.3 Å². The van der Waals surface area contributed by atoms with Crippen molar-refractivity contribution in [1.82, 2.24) is 4.98 Å². The minimum atomic E-state index is -0.839. The fraction of sp³-hybridized carbons (Fsp3) is 0.125. The number of anilines is 2. The number of rotatable bonds is 4. The Hall–Kier alpha value is -2.82. The first-order valence-corrected chi connectivity index (χ1v) is 6.56. The zero-order valence-corrected chi connectivity index (χ0v) is 11.5. The van der Waals surface area contributed by atoms with Crippen LogP contribution in [-0.2, 0) is 11.2 Å². The van der Waals surface area contributed by atoms with Crippen LogP contribution in [0.3, 0.4) is 0 Å². The number of carbonyl (C=O) groups is 1. The van der Waals surface area contributed by atoms with Crippen LogP contribution >= 0.6 is 0 Å². The molecule has 21 heavy (non-hydrogen) atoms. The maximum absolute atomic E-state index is 10.7. The van der Waals surface area contributed by atoms with E-state index in [1.54, 1.807) is 6.07 Å². The largest absolute Gasteiger partial charge is 0.481 e. The van der Waals surface area contributed by atoms with E-state index in [9.17, 15) is 4.79 Å². The van der Waals surface area contributed by atoms with Gasteiger partial charge in [0.1, 0.15) is 5.52 Å². The molecule has 1 heterocycles. The zero-order chi connectivity index (χ0) is 14.8. The highest BCUT2D eigenvalue weighted by atomic mass is 16.4. The number of hydrogen-bond donors (Lipinski definition) is 2. The molecule has 0 aliphatic carbocycles. The van der Waals surface area contributed by atoms with Gasteiger partial charge in [-0.3, -0.25) is 4.79 Å². The van der Waals surface area contributed by atoms with Crippen LogP contribution < -0.4 is 5.32 Å². The molecule has 2 aromatic carbocycles. The minimum Gasteiger partial charge on any atom is -0.481 e. The lowest BCUT2D eigenvalue weighted by atomic mass is 10.1. The van der Waals surface area contributed by atoms with E-state index >= 15 is 0 Å². The van der Waals surface area contributed by atoms with Gasteiger partial charge in [-0.25, -0.2) is 0 Å². The zero-order valence-electron chi connectivity index (χ0n) is 11.5. The molecule has 0 fully saturated rings. The molecule has 0 bridgehead atoms. The molecule has 0 unspecified atom stereocenters. The highest BCUT2D eigenvalue weighted by molar-refractivity contribution is 5.75. The van der Waals surface area contributed by atoms with Gasteiger partial charge in [0.2, 0.25) is 0 Å². The number of carboxylic acids is 1. The Labute approximate surface area is 121 Å². The summed E-state index contributed by atoms with van der Waals surface area (Å²) in [6.07, 6.45) is 0.0179. The van der Waals surface area contributed by atoms with E-state index in [1.807, 2.05) is 43.3 Å². The molecule has 0 aliphatic rings. The number of aryl methyl sites for hydroxylation is 1. The number of aromatic nitrogens is 1. The van der Waals surface area contributed by atoms with Gasteiger partial charge in [-0.15, -0.1) is 0 Å². The van der Waals surface area contributed by atoms with Crippen molar-refractivity contribution in [1.29, 1.82) is 0 Å². The van der Waals surface area contributed by atoms with Crippen LogP contribution in [0.1, 0.15) is 11.1 Å². The van der Waals surface area contributed by atoms with Crippen molar-refractivity contribution in [3.63, 3.8) is 0 Å². The van der Waals surface area contributed by atoms with Crippen LogP contribution in [0.5, 0.6) is 0 Å². The number of carboxylic acid groups (broad SMARTS) is 1. The Balaban J connectivity index is 1.85. The SMILES string of the molecule is Cc1cc(CC(=O)O)ccc1Nc1nc2ccccc2o1. The van der Waals surface area contributed by atoms with Gasteiger partial charge in [-0.2, -0.15) is 4.98 Å². The third-order valence-corrected chi connectivity index (χ3v) is 3.18. The molecule has 0 aliphatic heterocycles. The second-order valence-electron chi connectivity index (χ2n) is 4.83. The first kappa shape index (κ1) is 13.2. The Kier molecular flexibility index (Phi) is 3.31. The summed E-state index contributed by atoms with van der Waals surface area (Å²) in [5.74, 6) is -0.839. The van der Waals surface area contributed by atoms with Crippen LogP contribution in [0.25, 0.3) is 11.1 Å². The second-order valence-corrected chi connectivity index (χ2v) is 4.83. The van der Waals surface area contributed by atoms with Gasteiger partial charge >= 0.3 is 5.97 Å². The maximum Gasteiger partial charge on any atom is 0.307 e. The van der Waals surface area contributed by atoms with Crippen LogP contribution in [0.2, 0.25) is 0 Å². The Morgan fingerprint density at radius 3 is 2.81 bits per heavy atom. The predicted molar refractivity (Wildman–Crippen MR) is 79.8 cm³/mol. The third kappa shape index (κ3) is 2.86. The lowest BCUT2D eigenvalue weighted by molar-refractivity contribution is -0.136. The van der Waals surface area contributed by atoms with E-state index in [1.165, 1.54) is 0 Å². The van der Waals surface area contributed by atoms with Crippen LogP contribution in [0.15, 0.2) is 46.9 Å². The first-order chi connectivity index (χ1) is 10.1. The fourth-order valence-electron chi connectivity index (χ4n) is 2.19. The highest BCUT2D eigenvalue weighted by Crippen LogP contribution is 2.24. The van der Waals surface area contributed by atoms with E-state index in [4.69, 9.17) is 9.52 Å². The first-order valence-electron chi connectivity index (χ1n) is 6.56. The molecule has 0 amide bonds. The van der Waals surface area contributed by atoms with Gasteiger partial charge in [0.05, 0.1) is 6.42 Å². The monoisotopic (exact) mass is 282 g/mol. The van der Waals surface area contributed by atoms with Gasteiger partial charge in [0.15, 0.2) is 5.58 Å². The van der Waals surface area contributed by atoms with Crippen molar-refractivity contribution in [3.05, 3.63) is 53.6 Å². The molecular formula is C16H14N2O3. The number of nitrogens with one attached hydrogen (secondary N) is 1. The lowest BCUT2D eigenvalue weighted by Crippen LogP contribution is -2.01. The van der Waals surface area contributed by atoms with Crippen molar-refractivity contribution in [2.24, 2.45) is 0 Å². The molecule has 0 saturated heterocycles. The number of hydrogen-bond acceptors (Lipinski definition) is 4. The fourth-order valence-corrected chi connectivity index (χ4v) is 2.19. The smallest absolute Gasteiger partial charge is 0.307 e. The van der Waals surface area contributed by atoms with E-state index in [2.05, 4.69) is 10.3 Å². The normalized spacial score (nSPS) is 10.7. The topological polar surface area (TPSA) is 75.4 Å². The van der Waals surface area contributed by atoms with Gasteiger partial charge < -0.3 is 14.8 Å². The summed E-state index contributed by atoms with van der Waals surface area (Å²) in [6, 6.07) is 13.4. The third-order valence-electron chi connectivity index (χ3n) is 3.18. The number of aliphatic carboxylic acids is 1. The van der Waals surface area contributed by atoms with E-state index in [-0.39, 0.29) is 6.42 Å². The molecule has 5 heteroatoms. The number of para-hydroxylation sites is 2. The number of fused-ring (bicyclic) bond motifs is 1. The molecule has 5 nitrogen and oxygen atoms in total. The second kappa shape index (κ2) is 5.28. The Bertz CT molecular complexity index is 775. The average molecular weight is 282 g/mol. The Morgan fingerprint density at radius 1 is 1.29 bits per heavy atom. The van der Waals surface area contributed by atoms with Crippen molar-refractivity contribution < 1.29 is 14.3 Å². The number of oxazole rings is 1. The van der Waals surface area contributed by atoms with Gasteiger partial charge in [0.25, 0.3) is 6.01 Å². The molecule has 1 aromatic heterocycles. The van der Waals surface area contributed by atoms with E-state index < -0.39 is 5.97 Å². The molecule has 0 spiro atoms. The molecular weight excluding hydrogens is 268 g/mol. The van der Waals surface area contributed by atoms with Gasteiger partial charge in [-0.1, -0.05) is 24.3 Å². The predicted octanol–water partition coefficient (Wildman–Crippen LogP) is 3.51. The van der Waals surface area contributed by atoms with Crippen molar-refractivity contribution >= 4 is 28.8 Å². The minimum absolute atomic E-state index is 0.0179. The molecule has 0 saturated carbocycles. The molecule has 2 N–H and O–H groups in total.